The Morgan fingerprint density at radius 1 is 1.03 bits per heavy atom. The van der Waals surface area contributed by atoms with Crippen LogP contribution < -0.4 is 0 Å². The molecule has 1 unspecified atom stereocenters. The van der Waals surface area contributed by atoms with E-state index in [0.29, 0.717) is 24.2 Å². The summed E-state index contributed by atoms with van der Waals surface area (Å²) < 4.78 is 28.3. The lowest BCUT2D eigenvalue weighted by Gasteiger charge is -2.39. The van der Waals surface area contributed by atoms with Crippen molar-refractivity contribution >= 4 is 0 Å². The molecule has 2 rings (SSSR count). The molecule has 31 heavy (non-hydrogen) atoms. The number of ether oxygens (including phenoxy) is 5. The summed E-state index contributed by atoms with van der Waals surface area (Å²) in [6.07, 6.45) is 8.05. The molecule has 1 N–H and O–H groups in total. The second-order valence-electron chi connectivity index (χ2n) is 9.20. The first kappa shape index (κ1) is 26.5. The van der Waals surface area contributed by atoms with Crippen LogP contribution in [0.1, 0.15) is 47.0 Å². The van der Waals surface area contributed by atoms with Crippen LogP contribution in [0.5, 0.6) is 0 Å². The zero-order valence-electron chi connectivity index (χ0n) is 20.6. The molecule has 0 radical (unpaired) electrons. The van der Waals surface area contributed by atoms with Crippen molar-refractivity contribution in [2.24, 2.45) is 23.7 Å². The minimum atomic E-state index is -0.415. The van der Waals surface area contributed by atoms with Crippen LogP contribution in [0.25, 0.3) is 0 Å². The number of hydrogen-bond donors (Lipinski definition) is 1. The van der Waals surface area contributed by atoms with Crippen molar-refractivity contribution in [2.75, 3.05) is 28.4 Å². The smallest absolute Gasteiger partial charge is 0.184 e. The van der Waals surface area contributed by atoms with Gasteiger partial charge in [-0.15, -0.1) is 0 Å². The van der Waals surface area contributed by atoms with Crippen LogP contribution in [0.2, 0.25) is 0 Å². The van der Waals surface area contributed by atoms with Crippen LogP contribution in [-0.2, 0) is 23.7 Å². The quantitative estimate of drug-likeness (QED) is 0.463. The van der Waals surface area contributed by atoms with E-state index in [-0.39, 0.29) is 36.4 Å². The summed E-state index contributed by atoms with van der Waals surface area (Å²) in [6.45, 7) is 8.53. The summed E-state index contributed by atoms with van der Waals surface area (Å²) in [5.41, 5.74) is 1.06. The van der Waals surface area contributed by atoms with Gasteiger partial charge in [0.1, 0.15) is 12.2 Å². The topological polar surface area (TPSA) is 66.4 Å². The van der Waals surface area contributed by atoms with Gasteiger partial charge in [0.2, 0.25) is 0 Å². The van der Waals surface area contributed by atoms with Crippen LogP contribution in [-0.4, -0.2) is 70.4 Å². The Labute approximate surface area is 188 Å². The Balaban J connectivity index is 1.93. The van der Waals surface area contributed by atoms with Crippen molar-refractivity contribution in [3.05, 3.63) is 23.8 Å². The highest BCUT2D eigenvalue weighted by Gasteiger charge is 2.48. The maximum Gasteiger partial charge on any atom is 0.184 e. The molecule has 0 spiro atoms. The van der Waals surface area contributed by atoms with Crippen LogP contribution in [0.15, 0.2) is 23.8 Å². The zero-order valence-corrected chi connectivity index (χ0v) is 20.6. The predicted molar refractivity (Wildman–Crippen MR) is 122 cm³/mol. The second-order valence-corrected chi connectivity index (χ2v) is 9.20. The van der Waals surface area contributed by atoms with Crippen LogP contribution >= 0.6 is 0 Å². The first-order chi connectivity index (χ1) is 14.8. The molecular weight excluding hydrogens is 396 g/mol. The fourth-order valence-corrected chi connectivity index (χ4v) is 5.06. The standard InChI is InChI=1S/C25H44O6/c1-9-20(27-5)17(4)18-13-19(18)23(26)15(2)11-10-12-16(3)24-21(28-6)14-22(29-7)25(30-8)31-24/h10-12,15,17-26H,9,13-14H2,1-8H3/b11-10+,16-12+/t15-,17-,18+,19?,20-,21-,22+,23+,24+,25+/m0/s1. The Morgan fingerprint density at radius 3 is 2.26 bits per heavy atom. The minimum Gasteiger partial charge on any atom is -0.392 e. The minimum absolute atomic E-state index is 0.0870. The lowest BCUT2D eigenvalue weighted by molar-refractivity contribution is -0.256. The van der Waals surface area contributed by atoms with Crippen LogP contribution in [0.4, 0.5) is 0 Å². The normalized spacial score (nSPS) is 35.7. The van der Waals surface area contributed by atoms with E-state index < -0.39 is 6.29 Å². The van der Waals surface area contributed by atoms with Crippen LogP contribution in [0, 0.1) is 23.7 Å². The lowest BCUT2D eigenvalue weighted by atomic mass is 9.91. The Kier molecular flexibility index (Phi) is 10.7. The highest BCUT2D eigenvalue weighted by atomic mass is 16.7. The SMILES string of the molecule is CC[C@H](OC)[C@@H](C)[C@H]1CC1[C@H](O)[C@@H](C)/C=C/C=C(\C)[C@H]1O[C@@H](OC)[C@H](OC)C[C@@H]1OC. The Morgan fingerprint density at radius 2 is 1.71 bits per heavy atom. The van der Waals surface area contributed by atoms with Crippen molar-refractivity contribution in [3.63, 3.8) is 0 Å². The predicted octanol–water partition coefficient (Wildman–Crippen LogP) is 3.97. The van der Waals surface area contributed by atoms with Crippen molar-refractivity contribution in [3.8, 4) is 0 Å². The summed E-state index contributed by atoms with van der Waals surface area (Å²) in [7, 11) is 6.77. The van der Waals surface area contributed by atoms with Crippen LogP contribution in [0.3, 0.4) is 0 Å². The molecule has 0 aromatic heterocycles. The van der Waals surface area contributed by atoms with Gasteiger partial charge in [0.15, 0.2) is 6.29 Å². The van der Waals surface area contributed by atoms with Crippen molar-refractivity contribution in [1.82, 2.24) is 0 Å². The van der Waals surface area contributed by atoms with Gasteiger partial charge in [0, 0.05) is 40.8 Å². The van der Waals surface area contributed by atoms with E-state index in [1.165, 1.54) is 0 Å². The molecule has 0 amide bonds. The molecule has 1 saturated carbocycles. The third-order valence-electron chi connectivity index (χ3n) is 7.28. The first-order valence-electron chi connectivity index (χ1n) is 11.6. The molecule has 0 bridgehead atoms. The fourth-order valence-electron chi connectivity index (χ4n) is 5.06. The summed E-state index contributed by atoms with van der Waals surface area (Å²) in [6, 6.07) is 0. The average Bonchev–Trinajstić information content (AvgIpc) is 3.58. The van der Waals surface area contributed by atoms with E-state index >= 15 is 0 Å². The van der Waals surface area contributed by atoms with Gasteiger partial charge in [0.05, 0.1) is 18.3 Å². The number of hydrogen-bond acceptors (Lipinski definition) is 6. The molecule has 1 saturated heterocycles. The zero-order chi connectivity index (χ0) is 23.1. The maximum absolute atomic E-state index is 10.8. The van der Waals surface area contributed by atoms with E-state index in [9.17, 15) is 5.11 Å². The molecule has 6 nitrogen and oxygen atoms in total. The summed E-state index contributed by atoms with van der Waals surface area (Å²) in [4.78, 5) is 0. The van der Waals surface area contributed by atoms with Crippen molar-refractivity contribution in [2.45, 2.75) is 83.8 Å². The molecule has 180 valence electrons. The lowest BCUT2D eigenvalue weighted by Crippen LogP contribution is -2.49. The van der Waals surface area contributed by atoms with Gasteiger partial charge < -0.3 is 28.8 Å². The summed E-state index contributed by atoms with van der Waals surface area (Å²) in [5.74, 6) is 1.47. The molecule has 10 atom stereocenters. The number of aliphatic hydroxyl groups is 1. The molecule has 1 aliphatic carbocycles. The third kappa shape index (κ3) is 6.62. The Hall–Kier alpha value is -0.760. The van der Waals surface area contributed by atoms with Gasteiger partial charge in [0.25, 0.3) is 0 Å². The van der Waals surface area contributed by atoms with E-state index in [4.69, 9.17) is 23.7 Å². The number of methoxy groups -OCH3 is 4. The molecule has 2 fully saturated rings. The highest BCUT2D eigenvalue weighted by molar-refractivity contribution is 5.18. The number of allylic oxidation sites excluding steroid dienone is 2. The number of aliphatic hydroxyl groups excluding tert-OH is 1. The number of rotatable bonds is 12. The molecular formula is C25H44O6. The molecule has 1 heterocycles. The van der Waals surface area contributed by atoms with Gasteiger partial charge >= 0.3 is 0 Å². The highest BCUT2D eigenvalue weighted by Crippen LogP contribution is 2.49. The first-order valence-corrected chi connectivity index (χ1v) is 11.6. The molecule has 2 aliphatic rings. The largest absolute Gasteiger partial charge is 0.392 e. The van der Waals surface area contributed by atoms with Gasteiger partial charge in [-0.1, -0.05) is 39.0 Å². The molecule has 6 heteroatoms. The van der Waals surface area contributed by atoms with E-state index in [2.05, 4.69) is 26.8 Å². The molecule has 0 aromatic rings. The average molecular weight is 441 g/mol. The maximum atomic E-state index is 10.8. The van der Waals surface area contributed by atoms with Crippen molar-refractivity contribution in [1.29, 1.82) is 0 Å². The van der Waals surface area contributed by atoms with Gasteiger partial charge in [-0.3, -0.25) is 0 Å². The monoisotopic (exact) mass is 440 g/mol. The van der Waals surface area contributed by atoms with E-state index in [1.54, 1.807) is 28.4 Å². The third-order valence-corrected chi connectivity index (χ3v) is 7.28. The summed E-state index contributed by atoms with van der Waals surface area (Å²) >= 11 is 0. The van der Waals surface area contributed by atoms with Gasteiger partial charge in [-0.05, 0) is 43.1 Å². The van der Waals surface area contributed by atoms with E-state index in [1.807, 2.05) is 19.1 Å². The van der Waals surface area contributed by atoms with Gasteiger partial charge in [-0.25, -0.2) is 0 Å². The Bertz CT molecular complexity index is 587. The van der Waals surface area contributed by atoms with E-state index in [0.717, 1.165) is 18.4 Å². The summed E-state index contributed by atoms with van der Waals surface area (Å²) in [5, 5.41) is 10.8. The molecule has 0 aromatic carbocycles. The fraction of sp³-hybridized carbons (Fsp3) is 0.840. The van der Waals surface area contributed by atoms with Crippen molar-refractivity contribution < 1.29 is 28.8 Å². The second kappa shape index (κ2) is 12.5. The molecule has 1 aliphatic heterocycles. The van der Waals surface area contributed by atoms with Gasteiger partial charge in [-0.2, -0.15) is 0 Å².